The number of hydrogen-bond donors (Lipinski definition) is 1. The Labute approximate surface area is 105 Å². The number of hydrogen-bond acceptors (Lipinski definition) is 3. The molecule has 0 aliphatic heterocycles. The fourth-order valence-electron chi connectivity index (χ4n) is 2.32. The van der Waals surface area contributed by atoms with Crippen molar-refractivity contribution in [3.63, 3.8) is 0 Å². The maximum absolute atomic E-state index is 4.22. The topological polar surface area (TPSA) is 37.8 Å². The summed E-state index contributed by atoms with van der Waals surface area (Å²) in [5.41, 5.74) is 0.433. The molecule has 4 heteroatoms. The highest BCUT2D eigenvalue weighted by atomic mass is 79.9. The van der Waals surface area contributed by atoms with Gasteiger partial charge in [0.1, 0.15) is 12.1 Å². The number of nitrogens with one attached hydrogen (secondary N) is 1. The van der Waals surface area contributed by atoms with Crippen molar-refractivity contribution in [3.05, 3.63) is 17.0 Å². The van der Waals surface area contributed by atoms with Crippen LogP contribution in [-0.4, -0.2) is 16.5 Å². The smallest absolute Gasteiger partial charge is 0.143 e. The first-order chi connectivity index (χ1) is 7.70. The Kier molecular flexibility index (Phi) is 3.79. The Bertz CT molecular complexity index is 348. The molecule has 3 nitrogen and oxygen atoms in total. The molecule has 16 heavy (non-hydrogen) atoms. The molecule has 0 spiro atoms. The van der Waals surface area contributed by atoms with E-state index in [-0.39, 0.29) is 0 Å². The molecule has 0 radical (unpaired) electrons. The van der Waals surface area contributed by atoms with Crippen LogP contribution in [0.2, 0.25) is 0 Å². The van der Waals surface area contributed by atoms with E-state index in [2.05, 4.69) is 38.1 Å². The fourth-order valence-corrected chi connectivity index (χ4v) is 2.68. The average molecular weight is 284 g/mol. The number of anilines is 1. The second-order valence-electron chi connectivity index (χ2n) is 4.94. The van der Waals surface area contributed by atoms with Crippen molar-refractivity contribution in [1.82, 2.24) is 9.97 Å². The largest absolute Gasteiger partial charge is 0.368 e. The average Bonchev–Trinajstić information content (AvgIpc) is 2.29. The van der Waals surface area contributed by atoms with E-state index in [4.69, 9.17) is 0 Å². The zero-order valence-corrected chi connectivity index (χ0v) is 11.3. The van der Waals surface area contributed by atoms with E-state index in [1.807, 2.05) is 0 Å². The van der Waals surface area contributed by atoms with Gasteiger partial charge in [-0.25, -0.2) is 9.97 Å². The van der Waals surface area contributed by atoms with Gasteiger partial charge < -0.3 is 5.32 Å². The minimum absolute atomic E-state index is 0.433. The highest BCUT2D eigenvalue weighted by molar-refractivity contribution is 9.10. The van der Waals surface area contributed by atoms with Crippen LogP contribution in [0.25, 0.3) is 0 Å². The van der Waals surface area contributed by atoms with Gasteiger partial charge in [0.25, 0.3) is 0 Å². The van der Waals surface area contributed by atoms with Gasteiger partial charge in [-0.2, -0.15) is 0 Å². The van der Waals surface area contributed by atoms with E-state index in [1.165, 1.54) is 32.1 Å². The van der Waals surface area contributed by atoms with E-state index in [0.29, 0.717) is 5.41 Å². The standard InChI is InChI=1S/C12H18BrN3/c1-12(5-3-2-4-6-12)8-15-11-10(13)7-14-9-16-11/h7,9H,2-6,8H2,1H3,(H,14,15,16). The maximum Gasteiger partial charge on any atom is 0.143 e. The molecular weight excluding hydrogens is 266 g/mol. The Morgan fingerprint density at radius 1 is 1.38 bits per heavy atom. The molecule has 0 amide bonds. The Morgan fingerprint density at radius 2 is 2.12 bits per heavy atom. The van der Waals surface area contributed by atoms with Gasteiger partial charge in [-0.15, -0.1) is 0 Å². The molecule has 1 saturated carbocycles. The quantitative estimate of drug-likeness (QED) is 0.921. The third-order valence-electron chi connectivity index (χ3n) is 3.41. The number of rotatable bonds is 3. The minimum atomic E-state index is 0.433. The van der Waals surface area contributed by atoms with Gasteiger partial charge in [0.2, 0.25) is 0 Å². The summed E-state index contributed by atoms with van der Waals surface area (Å²) >= 11 is 3.45. The molecular formula is C12H18BrN3. The molecule has 0 saturated heterocycles. The first kappa shape index (κ1) is 11.8. The van der Waals surface area contributed by atoms with Crippen LogP contribution in [0.5, 0.6) is 0 Å². The van der Waals surface area contributed by atoms with Crippen molar-refractivity contribution in [2.75, 3.05) is 11.9 Å². The molecule has 1 aliphatic rings. The van der Waals surface area contributed by atoms with Crippen molar-refractivity contribution in [1.29, 1.82) is 0 Å². The van der Waals surface area contributed by atoms with Crippen LogP contribution in [0.1, 0.15) is 39.0 Å². The third-order valence-corrected chi connectivity index (χ3v) is 3.99. The Morgan fingerprint density at radius 3 is 2.81 bits per heavy atom. The van der Waals surface area contributed by atoms with Gasteiger partial charge in [-0.3, -0.25) is 0 Å². The van der Waals surface area contributed by atoms with Gasteiger partial charge in [-0.05, 0) is 34.2 Å². The van der Waals surface area contributed by atoms with Crippen molar-refractivity contribution >= 4 is 21.7 Å². The molecule has 0 atom stereocenters. The fraction of sp³-hybridized carbons (Fsp3) is 0.667. The van der Waals surface area contributed by atoms with E-state index in [1.54, 1.807) is 12.5 Å². The third kappa shape index (κ3) is 2.94. The maximum atomic E-state index is 4.22. The zero-order valence-electron chi connectivity index (χ0n) is 9.67. The van der Waals surface area contributed by atoms with Crippen LogP contribution < -0.4 is 5.32 Å². The van der Waals surface area contributed by atoms with Crippen molar-refractivity contribution in [2.24, 2.45) is 5.41 Å². The summed E-state index contributed by atoms with van der Waals surface area (Å²) in [7, 11) is 0. The SMILES string of the molecule is CC1(CNc2ncncc2Br)CCCCC1. The summed E-state index contributed by atoms with van der Waals surface area (Å²) in [4.78, 5) is 8.18. The lowest BCUT2D eigenvalue weighted by Gasteiger charge is -2.33. The molecule has 1 aromatic rings. The Hall–Kier alpha value is -0.640. The van der Waals surface area contributed by atoms with Crippen molar-refractivity contribution < 1.29 is 0 Å². The summed E-state index contributed by atoms with van der Waals surface area (Å²) in [5, 5.41) is 3.43. The van der Waals surface area contributed by atoms with Crippen LogP contribution in [0.3, 0.4) is 0 Å². The molecule has 0 unspecified atom stereocenters. The highest BCUT2D eigenvalue weighted by Crippen LogP contribution is 2.36. The molecule has 1 heterocycles. The van der Waals surface area contributed by atoms with E-state index in [9.17, 15) is 0 Å². The van der Waals surface area contributed by atoms with Gasteiger partial charge >= 0.3 is 0 Å². The van der Waals surface area contributed by atoms with Gasteiger partial charge in [0, 0.05) is 12.7 Å². The molecule has 88 valence electrons. The second kappa shape index (κ2) is 5.13. The molecule has 1 N–H and O–H groups in total. The first-order valence-electron chi connectivity index (χ1n) is 5.89. The summed E-state index contributed by atoms with van der Waals surface area (Å²) in [5.74, 6) is 0.904. The van der Waals surface area contributed by atoms with Gasteiger partial charge in [-0.1, -0.05) is 26.2 Å². The summed E-state index contributed by atoms with van der Waals surface area (Å²) < 4.78 is 0.939. The molecule has 0 aromatic carbocycles. The summed E-state index contributed by atoms with van der Waals surface area (Å²) in [6.07, 6.45) is 10.1. The monoisotopic (exact) mass is 283 g/mol. The highest BCUT2D eigenvalue weighted by Gasteiger charge is 2.26. The molecule has 1 fully saturated rings. The van der Waals surface area contributed by atoms with Crippen molar-refractivity contribution in [2.45, 2.75) is 39.0 Å². The van der Waals surface area contributed by atoms with E-state index in [0.717, 1.165) is 16.8 Å². The van der Waals surface area contributed by atoms with Crippen LogP contribution in [0, 0.1) is 5.41 Å². The molecule has 2 rings (SSSR count). The zero-order chi connectivity index (χ0) is 11.4. The number of halogens is 1. The minimum Gasteiger partial charge on any atom is -0.368 e. The predicted molar refractivity (Wildman–Crippen MR) is 69.4 cm³/mol. The van der Waals surface area contributed by atoms with Crippen LogP contribution >= 0.6 is 15.9 Å². The summed E-state index contributed by atoms with van der Waals surface area (Å²) in [6, 6.07) is 0. The van der Waals surface area contributed by atoms with Crippen molar-refractivity contribution in [3.8, 4) is 0 Å². The summed E-state index contributed by atoms with van der Waals surface area (Å²) in [6.45, 7) is 3.37. The van der Waals surface area contributed by atoms with Crippen LogP contribution in [-0.2, 0) is 0 Å². The first-order valence-corrected chi connectivity index (χ1v) is 6.68. The lowest BCUT2D eigenvalue weighted by molar-refractivity contribution is 0.233. The Balaban J connectivity index is 1.94. The number of aromatic nitrogens is 2. The molecule has 1 aromatic heterocycles. The predicted octanol–water partition coefficient (Wildman–Crippen LogP) is 3.62. The van der Waals surface area contributed by atoms with E-state index >= 15 is 0 Å². The molecule has 1 aliphatic carbocycles. The number of nitrogens with zero attached hydrogens (tertiary/aromatic N) is 2. The van der Waals surface area contributed by atoms with Gasteiger partial charge in [0.05, 0.1) is 4.47 Å². The van der Waals surface area contributed by atoms with Gasteiger partial charge in [0.15, 0.2) is 0 Å². The molecule has 0 bridgehead atoms. The lowest BCUT2D eigenvalue weighted by atomic mass is 9.76. The second-order valence-corrected chi connectivity index (χ2v) is 5.80. The van der Waals surface area contributed by atoms with Crippen LogP contribution in [0.15, 0.2) is 17.0 Å². The lowest BCUT2D eigenvalue weighted by Crippen LogP contribution is -2.29. The van der Waals surface area contributed by atoms with Crippen LogP contribution in [0.4, 0.5) is 5.82 Å². The normalized spacial score (nSPS) is 19.4. The van der Waals surface area contributed by atoms with E-state index < -0.39 is 0 Å².